The predicted molar refractivity (Wildman–Crippen MR) is 101 cm³/mol. The Morgan fingerprint density at radius 1 is 1.17 bits per heavy atom. The van der Waals surface area contributed by atoms with E-state index in [1.807, 2.05) is 0 Å². The number of morpholine rings is 1. The minimum Gasteiger partial charge on any atom is -0.483 e. The molecule has 7 nitrogen and oxygen atoms in total. The lowest BCUT2D eigenvalue weighted by Crippen LogP contribution is -2.40. The molecule has 1 heterocycles. The fraction of sp³-hybridized carbons (Fsp3) is 0.316. The molecule has 1 fully saturated rings. The Kier molecular flexibility index (Phi) is 6.46. The summed E-state index contributed by atoms with van der Waals surface area (Å²) in [5.41, 5.74) is 0.228. The van der Waals surface area contributed by atoms with Crippen LogP contribution in [0.15, 0.2) is 41.3 Å². The molecule has 0 atom stereocenters. The second kappa shape index (κ2) is 8.85. The van der Waals surface area contributed by atoms with E-state index in [0.29, 0.717) is 24.5 Å². The summed E-state index contributed by atoms with van der Waals surface area (Å²) in [5.74, 6) is -1.83. The lowest BCUT2D eigenvalue weighted by molar-refractivity contribution is -0.118. The lowest BCUT2D eigenvalue weighted by Gasteiger charge is -2.26. The number of nitrogens with zero attached hydrogens (tertiary/aromatic N) is 1. The van der Waals surface area contributed by atoms with Gasteiger partial charge in [0, 0.05) is 19.2 Å². The number of benzene rings is 2. The minimum atomic E-state index is -3.64. The van der Waals surface area contributed by atoms with E-state index in [9.17, 15) is 22.0 Å². The third kappa shape index (κ3) is 5.08. The number of ether oxygens (including phenoxy) is 2. The van der Waals surface area contributed by atoms with E-state index in [1.54, 1.807) is 6.92 Å². The number of hydrogen-bond acceptors (Lipinski definition) is 5. The Hall–Kier alpha value is -2.56. The van der Waals surface area contributed by atoms with Gasteiger partial charge >= 0.3 is 0 Å². The first kappa shape index (κ1) is 21.2. The van der Waals surface area contributed by atoms with Gasteiger partial charge in [-0.1, -0.05) is 0 Å². The Bertz CT molecular complexity index is 1010. The summed E-state index contributed by atoms with van der Waals surface area (Å²) < 4.78 is 64.0. The van der Waals surface area contributed by atoms with Crippen molar-refractivity contribution in [3.63, 3.8) is 0 Å². The molecule has 2 aromatic rings. The maximum absolute atomic E-state index is 13.6. The van der Waals surface area contributed by atoms with Gasteiger partial charge in [-0.3, -0.25) is 4.79 Å². The monoisotopic (exact) mass is 426 g/mol. The molecule has 29 heavy (non-hydrogen) atoms. The normalized spacial score (nSPS) is 15.1. The van der Waals surface area contributed by atoms with E-state index in [2.05, 4.69) is 5.32 Å². The van der Waals surface area contributed by atoms with Crippen LogP contribution in [0, 0.1) is 18.6 Å². The molecule has 0 aliphatic carbocycles. The van der Waals surface area contributed by atoms with Gasteiger partial charge in [0.15, 0.2) is 6.61 Å². The van der Waals surface area contributed by atoms with Crippen LogP contribution in [0.5, 0.6) is 5.75 Å². The number of carbonyl (C=O) groups is 1. The topological polar surface area (TPSA) is 84.9 Å². The SMILES string of the molecule is Cc1cc(S(=O)(=O)N2CCOCC2)ccc1OCC(=O)Nc1cc(F)ccc1F. The molecule has 0 bridgehead atoms. The first-order chi connectivity index (χ1) is 13.8. The highest BCUT2D eigenvalue weighted by Gasteiger charge is 2.26. The highest BCUT2D eigenvalue weighted by atomic mass is 32.2. The van der Waals surface area contributed by atoms with Crippen molar-refractivity contribution in [3.8, 4) is 5.75 Å². The molecule has 0 aromatic heterocycles. The molecule has 2 aromatic carbocycles. The maximum atomic E-state index is 13.6. The molecule has 0 saturated carbocycles. The van der Waals surface area contributed by atoms with Gasteiger partial charge in [-0.2, -0.15) is 4.31 Å². The maximum Gasteiger partial charge on any atom is 0.262 e. The summed E-state index contributed by atoms with van der Waals surface area (Å²) in [6.07, 6.45) is 0. The molecule has 1 amide bonds. The Morgan fingerprint density at radius 2 is 1.90 bits per heavy atom. The lowest BCUT2D eigenvalue weighted by atomic mass is 10.2. The molecule has 0 radical (unpaired) electrons. The van der Waals surface area contributed by atoms with Gasteiger partial charge in [-0.05, 0) is 42.8 Å². The van der Waals surface area contributed by atoms with Crippen LogP contribution in [-0.2, 0) is 19.6 Å². The van der Waals surface area contributed by atoms with Crippen molar-refractivity contribution in [2.45, 2.75) is 11.8 Å². The van der Waals surface area contributed by atoms with Crippen LogP contribution < -0.4 is 10.1 Å². The van der Waals surface area contributed by atoms with Crippen molar-refractivity contribution >= 4 is 21.6 Å². The molecule has 1 aliphatic rings. The van der Waals surface area contributed by atoms with E-state index in [1.165, 1.54) is 22.5 Å². The largest absolute Gasteiger partial charge is 0.483 e. The number of halogens is 2. The predicted octanol–water partition coefficient (Wildman–Crippen LogP) is 2.31. The first-order valence-electron chi connectivity index (χ1n) is 8.83. The van der Waals surface area contributed by atoms with Gasteiger partial charge in [-0.25, -0.2) is 17.2 Å². The average Bonchev–Trinajstić information content (AvgIpc) is 2.70. The summed E-state index contributed by atoms with van der Waals surface area (Å²) in [7, 11) is -3.64. The number of carbonyl (C=O) groups excluding carboxylic acids is 1. The van der Waals surface area contributed by atoms with Gasteiger partial charge in [0.2, 0.25) is 10.0 Å². The van der Waals surface area contributed by atoms with E-state index in [0.717, 1.165) is 18.2 Å². The standard InChI is InChI=1S/C19H20F2N2O5S/c1-13-10-15(29(25,26)23-6-8-27-9-7-23)3-5-18(13)28-12-19(24)22-17-11-14(20)2-4-16(17)21/h2-5,10-11H,6-9,12H2,1H3,(H,22,24). The zero-order valence-corrected chi connectivity index (χ0v) is 16.5. The molecular formula is C19H20F2N2O5S. The molecule has 0 unspecified atom stereocenters. The molecule has 1 N–H and O–H groups in total. The Morgan fingerprint density at radius 3 is 2.59 bits per heavy atom. The van der Waals surface area contributed by atoms with E-state index in [4.69, 9.17) is 9.47 Å². The van der Waals surface area contributed by atoms with E-state index < -0.39 is 34.2 Å². The average molecular weight is 426 g/mol. The van der Waals surface area contributed by atoms with Gasteiger partial charge < -0.3 is 14.8 Å². The van der Waals surface area contributed by atoms with Crippen LogP contribution in [0.2, 0.25) is 0 Å². The second-order valence-electron chi connectivity index (χ2n) is 6.40. The van der Waals surface area contributed by atoms with Crippen LogP contribution in [-0.4, -0.2) is 51.5 Å². The number of amides is 1. The third-order valence-corrected chi connectivity index (χ3v) is 6.21. The smallest absolute Gasteiger partial charge is 0.262 e. The molecule has 1 aliphatic heterocycles. The van der Waals surface area contributed by atoms with Gasteiger partial charge in [0.05, 0.1) is 23.8 Å². The van der Waals surface area contributed by atoms with E-state index in [-0.39, 0.29) is 23.7 Å². The summed E-state index contributed by atoms with van der Waals surface area (Å²) >= 11 is 0. The summed E-state index contributed by atoms with van der Waals surface area (Å²) in [6, 6.07) is 7.03. The zero-order valence-electron chi connectivity index (χ0n) is 15.7. The van der Waals surface area contributed by atoms with Crippen molar-refractivity contribution in [2.24, 2.45) is 0 Å². The third-order valence-electron chi connectivity index (χ3n) is 4.32. The zero-order chi connectivity index (χ0) is 21.0. The van der Waals surface area contributed by atoms with Crippen LogP contribution >= 0.6 is 0 Å². The van der Waals surface area contributed by atoms with Crippen molar-refractivity contribution in [3.05, 3.63) is 53.6 Å². The first-order valence-corrected chi connectivity index (χ1v) is 10.3. The van der Waals surface area contributed by atoms with Crippen molar-refractivity contribution in [1.82, 2.24) is 4.31 Å². The van der Waals surface area contributed by atoms with Crippen molar-refractivity contribution in [1.29, 1.82) is 0 Å². The fourth-order valence-electron chi connectivity index (χ4n) is 2.80. The number of rotatable bonds is 6. The van der Waals surface area contributed by atoms with Crippen LogP contribution in [0.25, 0.3) is 0 Å². The van der Waals surface area contributed by atoms with Crippen molar-refractivity contribution < 1.29 is 31.5 Å². The number of hydrogen-bond donors (Lipinski definition) is 1. The summed E-state index contributed by atoms with van der Waals surface area (Å²) in [6.45, 7) is 2.47. The molecule has 1 saturated heterocycles. The summed E-state index contributed by atoms with van der Waals surface area (Å²) in [4.78, 5) is 12.1. The molecule has 0 spiro atoms. The van der Waals surface area contributed by atoms with Gasteiger partial charge in [0.1, 0.15) is 17.4 Å². The summed E-state index contributed by atoms with van der Waals surface area (Å²) in [5, 5.41) is 2.23. The molecule has 10 heteroatoms. The van der Waals surface area contributed by atoms with Gasteiger partial charge in [0.25, 0.3) is 5.91 Å². The fourth-order valence-corrected chi connectivity index (χ4v) is 4.30. The highest BCUT2D eigenvalue weighted by Crippen LogP contribution is 2.24. The van der Waals surface area contributed by atoms with Crippen LogP contribution in [0.4, 0.5) is 14.5 Å². The Labute approximate surface area is 167 Å². The number of sulfonamides is 1. The molecule has 3 rings (SSSR count). The van der Waals surface area contributed by atoms with Crippen LogP contribution in [0.3, 0.4) is 0 Å². The van der Waals surface area contributed by atoms with Gasteiger partial charge in [-0.15, -0.1) is 0 Å². The highest BCUT2D eigenvalue weighted by molar-refractivity contribution is 7.89. The minimum absolute atomic E-state index is 0.121. The van der Waals surface area contributed by atoms with Crippen molar-refractivity contribution in [2.75, 3.05) is 38.2 Å². The van der Waals surface area contributed by atoms with E-state index >= 15 is 0 Å². The molecule has 156 valence electrons. The number of nitrogens with one attached hydrogen (secondary N) is 1. The van der Waals surface area contributed by atoms with Crippen LogP contribution in [0.1, 0.15) is 5.56 Å². The Balaban J connectivity index is 1.64. The quantitative estimate of drug-likeness (QED) is 0.766. The second-order valence-corrected chi connectivity index (χ2v) is 8.34. The molecular weight excluding hydrogens is 406 g/mol. The number of aryl methyl sites for hydroxylation is 1. The number of anilines is 1.